The number of rotatable bonds is 5. The molecule has 8 nitrogen and oxygen atoms in total. The van der Waals surface area contributed by atoms with E-state index in [0.717, 1.165) is 6.07 Å². The molecule has 13 heteroatoms. The summed E-state index contributed by atoms with van der Waals surface area (Å²) in [5.74, 6) is -0.821. The zero-order valence-corrected chi connectivity index (χ0v) is 17.4. The van der Waals surface area contributed by atoms with Crippen LogP contribution in [0.25, 0.3) is 0 Å². The quantitative estimate of drug-likeness (QED) is 0.709. The summed E-state index contributed by atoms with van der Waals surface area (Å²) in [5.41, 5.74) is -1.82. The van der Waals surface area contributed by atoms with Crippen LogP contribution in [-0.2, 0) is 32.3 Å². The summed E-state index contributed by atoms with van der Waals surface area (Å²) in [7, 11) is -3.95. The van der Waals surface area contributed by atoms with Crippen molar-refractivity contribution in [1.29, 1.82) is 0 Å². The molecule has 0 aliphatic carbocycles. The molecule has 0 unspecified atom stereocenters. The molecule has 1 aliphatic heterocycles. The molecule has 3 rings (SSSR count). The van der Waals surface area contributed by atoms with Crippen molar-refractivity contribution in [2.75, 3.05) is 31.6 Å². The zero-order valence-electron chi connectivity index (χ0n) is 15.9. The molecular formula is C18H17ClF3N3O5S. The number of carbonyl (C=O) groups is 1. The fourth-order valence-corrected chi connectivity index (χ4v) is 4.79. The maximum Gasteiger partial charge on any atom is 0.417 e. The van der Waals surface area contributed by atoms with E-state index >= 15 is 0 Å². The third-order valence-corrected chi connectivity index (χ3v) is 6.81. The van der Waals surface area contributed by atoms with Crippen molar-refractivity contribution >= 4 is 33.2 Å². The average Bonchev–Trinajstić information content (AvgIpc) is 2.70. The average molecular weight is 480 g/mol. The summed E-state index contributed by atoms with van der Waals surface area (Å²) in [6, 6.07) is 5.11. The number of pyridine rings is 1. The second-order valence-electron chi connectivity index (χ2n) is 6.59. The van der Waals surface area contributed by atoms with Gasteiger partial charge < -0.3 is 14.6 Å². The van der Waals surface area contributed by atoms with Gasteiger partial charge in [0.1, 0.15) is 11.4 Å². The third kappa shape index (κ3) is 5.45. The van der Waals surface area contributed by atoms with Crippen LogP contribution in [0.15, 0.2) is 46.2 Å². The van der Waals surface area contributed by atoms with E-state index in [1.165, 1.54) is 16.4 Å². The highest BCUT2D eigenvalue weighted by atomic mass is 35.5. The Morgan fingerprint density at radius 3 is 2.48 bits per heavy atom. The Kier molecular flexibility index (Phi) is 6.74. The first kappa shape index (κ1) is 23.3. The summed E-state index contributed by atoms with van der Waals surface area (Å²) in [4.78, 5) is 23.8. The van der Waals surface area contributed by atoms with Crippen molar-refractivity contribution < 1.29 is 31.1 Å². The first-order valence-corrected chi connectivity index (χ1v) is 10.8. The SMILES string of the molecule is O=C(Cn1cc(C(F)(F)F)ccc1=O)Nc1ccc(Cl)c(S(=O)(=O)N2CCOCC2)c1. The number of ether oxygens (including phenoxy) is 1. The summed E-state index contributed by atoms with van der Waals surface area (Å²) in [6.45, 7) is 0.0659. The number of aromatic nitrogens is 1. The Morgan fingerprint density at radius 1 is 1.16 bits per heavy atom. The second kappa shape index (κ2) is 8.99. The van der Waals surface area contributed by atoms with E-state index in [9.17, 15) is 31.2 Å². The number of morpholine rings is 1. The Morgan fingerprint density at radius 2 is 1.84 bits per heavy atom. The third-order valence-electron chi connectivity index (χ3n) is 4.43. The zero-order chi connectivity index (χ0) is 22.8. The predicted molar refractivity (Wildman–Crippen MR) is 105 cm³/mol. The van der Waals surface area contributed by atoms with Gasteiger partial charge in [0, 0.05) is 31.0 Å². The summed E-state index contributed by atoms with van der Waals surface area (Å²) < 4.78 is 71.1. The van der Waals surface area contributed by atoms with Gasteiger partial charge in [0.2, 0.25) is 15.9 Å². The summed E-state index contributed by atoms with van der Waals surface area (Å²) in [6.07, 6.45) is -4.14. The molecule has 1 amide bonds. The molecule has 1 saturated heterocycles. The van der Waals surface area contributed by atoms with Crippen molar-refractivity contribution in [3.05, 3.63) is 57.5 Å². The lowest BCUT2D eigenvalue weighted by Gasteiger charge is -2.26. The van der Waals surface area contributed by atoms with E-state index in [1.807, 2.05) is 0 Å². The van der Waals surface area contributed by atoms with Gasteiger partial charge in [0.25, 0.3) is 5.56 Å². The van der Waals surface area contributed by atoms with Crippen LogP contribution >= 0.6 is 11.6 Å². The van der Waals surface area contributed by atoms with Crippen molar-refractivity contribution in [3.63, 3.8) is 0 Å². The van der Waals surface area contributed by atoms with Gasteiger partial charge in [0.05, 0.1) is 23.8 Å². The molecule has 0 spiro atoms. The smallest absolute Gasteiger partial charge is 0.379 e. The maximum atomic E-state index is 12.8. The Labute approximate surface area is 180 Å². The van der Waals surface area contributed by atoms with E-state index in [0.29, 0.717) is 22.9 Å². The minimum absolute atomic E-state index is 0.0567. The Hall–Kier alpha value is -2.41. The number of sulfonamides is 1. The van der Waals surface area contributed by atoms with Gasteiger partial charge >= 0.3 is 6.18 Å². The highest BCUT2D eigenvalue weighted by molar-refractivity contribution is 7.89. The molecule has 0 atom stereocenters. The normalized spacial score (nSPS) is 15.6. The lowest BCUT2D eigenvalue weighted by atomic mass is 10.2. The number of benzene rings is 1. The van der Waals surface area contributed by atoms with Gasteiger partial charge in [-0.05, 0) is 24.3 Å². The number of anilines is 1. The number of amides is 1. The van der Waals surface area contributed by atoms with E-state index in [4.69, 9.17) is 16.3 Å². The topological polar surface area (TPSA) is 97.7 Å². The van der Waals surface area contributed by atoms with Crippen LogP contribution in [0.1, 0.15) is 5.56 Å². The van der Waals surface area contributed by atoms with Gasteiger partial charge in [-0.2, -0.15) is 17.5 Å². The number of nitrogens with zero attached hydrogens (tertiary/aromatic N) is 2. The number of hydrogen-bond donors (Lipinski definition) is 1. The molecule has 1 aromatic carbocycles. The van der Waals surface area contributed by atoms with Crippen LogP contribution in [0, 0.1) is 0 Å². The molecule has 168 valence electrons. The molecule has 1 fully saturated rings. The van der Waals surface area contributed by atoms with E-state index in [1.54, 1.807) is 0 Å². The molecule has 1 aromatic heterocycles. The van der Waals surface area contributed by atoms with E-state index in [2.05, 4.69) is 5.32 Å². The van der Waals surface area contributed by atoms with Crippen LogP contribution in [0.4, 0.5) is 18.9 Å². The first-order valence-electron chi connectivity index (χ1n) is 8.93. The fourth-order valence-electron chi connectivity index (χ4n) is 2.88. The summed E-state index contributed by atoms with van der Waals surface area (Å²) in [5, 5.41) is 2.32. The van der Waals surface area contributed by atoms with Crippen LogP contribution in [0.2, 0.25) is 5.02 Å². The Bertz CT molecular complexity index is 1140. The minimum Gasteiger partial charge on any atom is -0.379 e. The molecular weight excluding hydrogens is 463 g/mol. The van der Waals surface area contributed by atoms with Crippen molar-refractivity contribution in [1.82, 2.24) is 8.87 Å². The van der Waals surface area contributed by atoms with Gasteiger partial charge in [-0.25, -0.2) is 8.42 Å². The monoisotopic (exact) mass is 479 g/mol. The lowest BCUT2D eigenvalue weighted by Crippen LogP contribution is -2.40. The number of halogens is 4. The van der Waals surface area contributed by atoms with Crippen LogP contribution in [0.3, 0.4) is 0 Å². The molecule has 31 heavy (non-hydrogen) atoms. The largest absolute Gasteiger partial charge is 0.417 e. The Balaban J connectivity index is 1.80. The standard InChI is InChI=1S/C18H17ClF3N3O5S/c19-14-3-2-13(9-15(14)31(28,29)25-5-7-30-8-6-25)23-16(26)11-24-10-12(18(20,21)22)1-4-17(24)27/h1-4,9-10H,5-8,11H2,(H,23,26). The van der Waals surface area contributed by atoms with Gasteiger partial charge in [-0.3, -0.25) is 9.59 Å². The maximum absolute atomic E-state index is 12.8. The second-order valence-corrected chi connectivity index (χ2v) is 8.91. The van der Waals surface area contributed by atoms with E-state index in [-0.39, 0.29) is 41.9 Å². The van der Waals surface area contributed by atoms with Crippen LogP contribution in [-0.4, -0.2) is 49.5 Å². The number of hydrogen-bond acceptors (Lipinski definition) is 5. The van der Waals surface area contributed by atoms with Gasteiger partial charge in [-0.15, -0.1) is 0 Å². The lowest BCUT2D eigenvalue weighted by molar-refractivity contribution is -0.138. The molecule has 1 N–H and O–H groups in total. The van der Waals surface area contributed by atoms with Gasteiger partial charge in [0.15, 0.2) is 0 Å². The summed E-state index contributed by atoms with van der Waals surface area (Å²) >= 11 is 6.05. The first-order chi connectivity index (χ1) is 14.5. The molecule has 0 radical (unpaired) electrons. The van der Waals surface area contributed by atoms with Crippen molar-refractivity contribution in [2.45, 2.75) is 17.6 Å². The highest BCUT2D eigenvalue weighted by Gasteiger charge is 2.31. The molecule has 1 aliphatic rings. The molecule has 0 saturated carbocycles. The van der Waals surface area contributed by atoms with Gasteiger partial charge in [-0.1, -0.05) is 11.6 Å². The minimum atomic E-state index is -4.68. The molecule has 0 bridgehead atoms. The number of carbonyl (C=O) groups excluding carboxylic acids is 1. The highest BCUT2D eigenvalue weighted by Crippen LogP contribution is 2.29. The molecule has 2 aromatic rings. The van der Waals surface area contributed by atoms with Crippen molar-refractivity contribution in [3.8, 4) is 0 Å². The number of alkyl halides is 3. The van der Waals surface area contributed by atoms with Crippen LogP contribution in [0.5, 0.6) is 0 Å². The van der Waals surface area contributed by atoms with Crippen LogP contribution < -0.4 is 10.9 Å². The van der Waals surface area contributed by atoms with Crippen molar-refractivity contribution in [2.24, 2.45) is 0 Å². The predicted octanol–water partition coefficient (Wildman–Crippen LogP) is 2.18. The molecule has 2 heterocycles. The van der Waals surface area contributed by atoms with E-state index < -0.39 is 39.8 Å². The number of nitrogens with one attached hydrogen (secondary N) is 1. The fraction of sp³-hybridized carbons (Fsp3) is 0.333.